The van der Waals surface area contributed by atoms with Crippen molar-refractivity contribution in [2.24, 2.45) is 5.73 Å². The molecule has 8 aromatic heterocycles. The van der Waals surface area contributed by atoms with E-state index in [1.807, 2.05) is 45.5 Å². The second-order valence-corrected chi connectivity index (χ2v) is 18.0. The SMILES string of the molecule is COc1ccc(-c2ccncc2)c(CN)c1F.COc1ccc(-c2ccncc2)c(CNC(=O)c2cn(Cc3cn4cc(C5CC5)ccc4n3)nn2)c1F.O=C(O)c1cn(Cc2cn3cc(C4CC4)ccc3n2)nn1. The van der Waals surface area contributed by atoms with Gasteiger partial charge in [-0.2, -0.15) is 0 Å². The molecule has 0 spiro atoms. The Morgan fingerprint density at radius 2 is 1.09 bits per heavy atom. The van der Waals surface area contributed by atoms with Crippen LogP contribution < -0.4 is 20.5 Å². The number of ether oxygens (including phenoxy) is 2. The maximum atomic E-state index is 15.1. The van der Waals surface area contributed by atoms with Crippen molar-refractivity contribution in [2.45, 2.75) is 63.7 Å². The predicted molar refractivity (Wildman–Crippen MR) is 271 cm³/mol. The van der Waals surface area contributed by atoms with Crippen molar-refractivity contribution in [1.29, 1.82) is 0 Å². The van der Waals surface area contributed by atoms with E-state index in [9.17, 15) is 14.0 Å². The highest BCUT2D eigenvalue weighted by atomic mass is 19.1. The minimum Gasteiger partial charge on any atom is -0.494 e. The zero-order chi connectivity index (χ0) is 52.0. The molecule has 21 heteroatoms. The number of pyridine rings is 4. The van der Waals surface area contributed by atoms with Gasteiger partial charge in [-0.3, -0.25) is 14.8 Å². The number of aromatic carboxylic acids is 1. The first-order valence-corrected chi connectivity index (χ1v) is 24.0. The number of imidazole rings is 2. The number of aromatic nitrogens is 12. The van der Waals surface area contributed by atoms with Crippen molar-refractivity contribution in [1.82, 2.24) is 64.0 Å². The van der Waals surface area contributed by atoms with Gasteiger partial charge in [-0.05, 0) is 119 Å². The van der Waals surface area contributed by atoms with Gasteiger partial charge in [0.1, 0.15) is 11.3 Å². The Morgan fingerprint density at radius 3 is 1.55 bits per heavy atom. The molecule has 0 atom stereocenters. The second-order valence-electron chi connectivity index (χ2n) is 18.0. The van der Waals surface area contributed by atoms with E-state index in [-0.39, 0.29) is 36.0 Å². The fourth-order valence-electron chi connectivity index (χ4n) is 8.63. The molecule has 8 heterocycles. The van der Waals surface area contributed by atoms with Crippen LogP contribution in [0.25, 0.3) is 33.5 Å². The molecule has 380 valence electrons. The van der Waals surface area contributed by atoms with Crippen LogP contribution >= 0.6 is 0 Å². The molecule has 0 aliphatic heterocycles. The lowest BCUT2D eigenvalue weighted by Gasteiger charge is -2.14. The van der Waals surface area contributed by atoms with Gasteiger partial charge in [0, 0.05) is 73.8 Å². The highest BCUT2D eigenvalue weighted by Gasteiger charge is 2.25. The third-order valence-corrected chi connectivity index (χ3v) is 12.8. The highest BCUT2D eigenvalue weighted by molar-refractivity contribution is 5.92. The first-order chi connectivity index (χ1) is 36.5. The Balaban J connectivity index is 0.000000142. The smallest absolute Gasteiger partial charge is 0.358 e. The fourth-order valence-corrected chi connectivity index (χ4v) is 8.63. The van der Waals surface area contributed by atoms with Crippen molar-refractivity contribution in [2.75, 3.05) is 14.2 Å². The van der Waals surface area contributed by atoms with Gasteiger partial charge in [0.25, 0.3) is 5.91 Å². The first-order valence-electron chi connectivity index (χ1n) is 24.0. The lowest BCUT2D eigenvalue weighted by atomic mass is 9.99. The molecule has 75 heavy (non-hydrogen) atoms. The Morgan fingerprint density at radius 1 is 0.627 bits per heavy atom. The topological polar surface area (TPSA) is 233 Å². The molecule has 2 aromatic carbocycles. The molecule has 12 rings (SSSR count). The van der Waals surface area contributed by atoms with Gasteiger partial charge in [-0.25, -0.2) is 32.9 Å². The number of amides is 1. The summed E-state index contributed by atoms with van der Waals surface area (Å²) >= 11 is 0. The van der Waals surface area contributed by atoms with E-state index in [1.54, 1.807) is 72.1 Å². The van der Waals surface area contributed by atoms with Crippen molar-refractivity contribution >= 4 is 23.2 Å². The number of hydrogen-bond acceptors (Lipinski definition) is 13. The third kappa shape index (κ3) is 11.4. The summed E-state index contributed by atoms with van der Waals surface area (Å²) < 4.78 is 46.3. The number of carbonyl (C=O) groups excluding carboxylic acids is 1. The molecule has 2 aliphatic rings. The summed E-state index contributed by atoms with van der Waals surface area (Å²) in [5, 5.41) is 27.0. The molecule has 1 amide bonds. The van der Waals surface area contributed by atoms with Crippen molar-refractivity contribution in [3.63, 3.8) is 0 Å². The number of methoxy groups -OCH3 is 2. The molecular weight excluding hydrogens is 963 g/mol. The summed E-state index contributed by atoms with van der Waals surface area (Å²) in [7, 11) is 2.84. The Labute approximate surface area is 427 Å². The van der Waals surface area contributed by atoms with Crippen molar-refractivity contribution in [3.8, 4) is 33.8 Å². The molecule has 10 aromatic rings. The van der Waals surface area contributed by atoms with Gasteiger partial charge in [0.05, 0.1) is 51.1 Å². The van der Waals surface area contributed by atoms with E-state index in [4.69, 9.17) is 20.3 Å². The van der Waals surface area contributed by atoms with Crippen LogP contribution in [0, 0.1) is 11.6 Å². The molecule has 2 fully saturated rings. The number of halogens is 2. The normalized spacial score (nSPS) is 12.9. The summed E-state index contributed by atoms with van der Waals surface area (Å²) in [6, 6.07) is 22.2. The molecule has 2 saturated carbocycles. The summed E-state index contributed by atoms with van der Waals surface area (Å²) in [5.74, 6) is -0.787. The lowest BCUT2D eigenvalue weighted by molar-refractivity contribution is 0.0690. The summed E-state index contributed by atoms with van der Waals surface area (Å²) in [5.41, 5.74) is 15.6. The number of fused-ring (bicyclic) bond motifs is 2. The summed E-state index contributed by atoms with van der Waals surface area (Å²) in [6.07, 6.45) is 22.7. The van der Waals surface area contributed by atoms with Crippen LogP contribution in [0.5, 0.6) is 11.5 Å². The monoisotopic (exact) mass is 1010 g/mol. The third-order valence-electron chi connectivity index (χ3n) is 12.8. The quantitative estimate of drug-likeness (QED) is 0.0886. The number of nitrogens with zero attached hydrogens (tertiary/aromatic N) is 12. The molecule has 0 bridgehead atoms. The van der Waals surface area contributed by atoms with Gasteiger partial charge in [0.15, 0.2) is 34.5 Å². The van der Waals surface area contributed by atoms with E-state index in [2.05, 4.69) is 70.4 Å². The number of benzene rings is 2. The molecular formula is C54H50F2N14O5. The van der Waals surface area contributed by atoms with Gasteiger partial charge in [-0.1, -0.05) is 34.7 Å². The van der Waals surface area contributed by atoms with Gasteiger partial charge < -0.3 is 34.4 Å². The summed E-state index contributed by atoms with van der Waals surface area (Å²) in [6.45, 7) is 0.848. The largest absolute Gasteiger partial charge is 0.494 e. The first kappa shape index (κ1) is 49.3. The molecule has 4 N–H and O–H groups in total. The van der Waals surface area contributed by atoms with Crippen LogP contribution in [0.15, 0.2) is 135 Å². The van der Waals surface area contributed by atoms with Gasteiger partial charge in [-0.15, -0.1) is 10.2 Å². The second kappa shape index (κ2) is 21.9. The molecule has 19 nitrogen and oxygen atoms in total. The lowest BCUT2D eigenvalue weighted by Crippen LogP contribution is -2.24. The highest BCUT2D eigenvalue weighted by Crippen LogP contribution is 2.41. The summed E-state index contributed by atoms with van der Waals surface area (Å²) in [4.78, 5) is 40.7. The number of nitrogens with two attached hydrogens (primary N) is 1. The van der Waals surface area contributed by atoms with Crippen LogP contribution in [-0.4, -0.2) is 89.9 Å². The van der Waals surface area contributed by atoms with E-state index in [0.29, 0.717) is 41.6 Å². The minimum absolute atomic E-state index is 0.0534. The van der Waals surface area contributed by atoms with Crippen LogP contribution in [0.4, 0.5) is 8.78 Å². The number of rotatable bonds is 15. The molecule has 0 saturated heterocycles. The number of carboxylic acids is 1. The van der Waals surface area contributed by atoms with Gasteiger partial charge >= 0.3 is 5.97 Å². The van der Waals surface area contributed by atoms with Crippen molar-refractivity contribution in [3.05, 3.63) is 191 Å². The number of carboxylic acid groups (broad SMARTS) is 1. The maximum Gasteiger partial charge on any atom is 0.358 e. The van der Waals surface area contributed by atoms with E-state index in [0.717, 1.165) is 39.4 Å². The van der Waals surface area contributed by atoms with Crippen LogP contribution in [0.3, 0.4) is 0 Å². The molecule has 2 aliphatic carbocycles. The van der Waals surface area contributed by atoms with E-state index < -0.39 is 23.5 Å². The molecule has 0 radical (unpaired) electrons. The standard InChI is InChI=1S/C27H24FN7O2.C14H13N5O2.C13H13FN2O/c1-37-24-6-5-21(18-8-10-29-11-9-18)22(26(24)28)12-30-27(36)23-16-35(33-32-23)15-20-14-34-13-19(17-2-3-17)4-7-25(34)31-20;20-14(21)12-8-19(17-16-12)7-11-6-18-5-10(9-1-2-9)3-4-13(18)15-11;1-17-12-3-2-10(11(8-15)13(12)14)9-4-6-16-7-5-9/h4-11,13-14,16-17H,2-3,12,15H2,1H3,(H,30,36);3-6,8-9H,1-2,7H2,(H,20,21);2-7H,8,15H2,1H3. The maximum absolute atomic E-state index is 15.1. The van der Waals surface area contributed by atoms with Crippen LogP contribution in [0.1, 0.15) is 92.1 Å². The number of nitrogens with one attached hydrogen (secondary N) is 1. The van der Waals surface area contributed by atoms with E-state index >= 15 is 4.39 Å². The number of carbonyl (C=O) groups is 2. The molecule has 0 unspecified atom stereocenters. The van der Waals surface area contributed by atoms with E-state index in [1.165, 1.54) is 61.9 Å². The van der Waals surface area contributed by atoms with Crippen molar-refractivity contribution < 1.29 is 33.0 Å². The Hall–Kier alpha value is -9.24. The number of hydrogen-bond donors (Lipinski definition) is 3. The fraction of sp³-hybridized carbons (Fsp3) is 0.222. The average Bonchev–Trinajstić information content (AvgIpc) is 4.27. The van der Waals surface area contributed by atoms with Crippen LogP contribution in [-0.2, 0) is 26.2 Å². The average molecular weight is 1010 g/mol. The van der Waals surface area contributed by atoms with Gasteiger partial charge in [0.2, 0.25) is 0 Å². The zero-order valence-corrected chi connectivity index (χ0v) is 40.8. The Kier molecular flexibility index (Phi) is 14.4. The van der Waals surface area contributed by atoms with Crippen LogP contribution in [0.2, 0.25) is 0 Å². The minimum atomic E-state index is -1.08. The Bertz CT molecular complexity index is 3650. The predicted octanol–water partition coefficient (Wildman–Crippen LogP) is 7.90. The zero-order valence-electron chi connectivity index (χ0n) is 40.8.